The molecule has 0 bridgehead atoms. The van der Waals surface area contributed by atoms with Crippen LogP contribution < -0.4 is 15.4 Å². The lowest BCUT2D eigenvalue weighted by Gasteiger charge is -2.22. The number of hydrogen-bond donors (Lipinski definition) is 2. The second kappa shape index (κ2) is 9.48. The van der Waals surface area contributed by atoms with E-state index in [1.807, 2.05) is 43.0 Å². The molecule has 0 unspecified atom stereocenters. The summed E-state index contributed by atoms with van der Waals surface area (Å²) in [5.41, 5.74) is 1.29. The number of carbonyl (C=O) groups is 1. The summed E-state index contributed by atoms with van der Waals surface area (Å²) in [5.74, 6) is 0.566. The quantitative estimate of drug-likeness (QED) is 0.721. The van der Waals surface area contributed by atoms with E-state index in [9.17, 15) is 4.79 Å². The van der Waals surface area contributed by atoms with E-state index in [-0.39, 0.29) is 5.91 Å². The summed E-state index contributed by atoms with van der Waals surface area (Å²) in [6, 6.07) is 8.06. The molecule has 27 heavy (non-hydrogen) atoms. The molecule has 8 nitrogen and oxygen atoms in total. The summed E-state index contributed by atoms with van der Waals surface area (Å²) < 4.78 is 7.65. The molecule has 146 valence electrons. The van der Waals surface area contributed by atoms with Crippen molar-refractivity contribution in [2.24, 2.45) is 0 Å². The van der Waals surface area contributed by atoms with Crippen LogP contribution in [-0.2, 0) is 6.54 Å². The predicted octanol–water partition coefficient (Wildman–Crippen LogP) is 1.07. The van der Waals surface area contributed by atoms with Gasteiger partial charge in [-0.1, -0.05) is 23.4 Å². The number of aromatic nitrogens is 3. The summed E-state index contributed by atoms with van der Waals surface area (Å²) in [4.78, 5) is 14.5. The first-order valence-corrected chi connectivity index (χ1v) is 9.39. The molecule has 0 spiro atoms. The topological polar surface area (TPSA) is 84.3 Å². The number of hydrogen-bond acceptors (Lipinski definition) is 6. The van der Waals surface area contributed by atoms with Gasteiger partial charge in [0.1, 0.15) is 12.4 Å². The largest absolute Gasteiger partial charge is 0.492 e. The van der Waals surface area contributed by atoms with Gasteiger partial charge in [-0.05, 0) is 46.1 Å². The van der Waals surface area contributed by atoms with E-state index >= 15 is 0 Å². The van der Waals surface area contributed by atoms with E-state index in [0.717, 1.165) is 43.8 Å². The van der Waals surface area contributed by atoms with E-state index in [4.69, 9.17) is 4.74 Å². The minimum atomic E-state index is -0.224. The molecule has 1 aromatic heterocycles. The lowest BCUT2D eigenvalue weighted by molar-refractivity contribution is 0.0945. The molecular formula is C19H28N6O2. The van der Waals surface area contributed by atoms with Crippen LogP contribution in [0.4, 0.5) is 0 Å². The molecule has 0 aliphatic carbocycles. The Balaban J connectivity index is 1.55. The molecular weight excluding hydrogens is 344 g/mol. The minimum absolute atomic E-state index is 0.224. The molecule has 3 rings (SSSR count). The SMILES string of the molecule is CN(C)CCOc1ccccc1CNC(=O)c1cn(C2CCNCC2)nn1. The first-order chi connectivity index (χ1) is 13.1. The number of benzene rings is 1. The van der Waals surface area contributed by atoms with Crippen molar-refractivity contribution < 1.29 is 9.53 Å². The number of ether oxygens (including phenoxy) is 1. The third-order valence-electron chi connectivity index (χ3n) is 4.63. The van der Waals surface area contributed by atoms with Crippen molar-refractivity contribution in [2.75, 3.05) is 40.3 Å². The molecule has 1 fully saturated rings. The fourth-order valence-corrected chi connectivity index (χ4v) is 3.03. The number of likely N-dealkylation sites (N-methyl/N-ethyl adjacent to an activating group) is 1. The highest BCUT2D eigenvalue weighted by atomic mass is 16.5. The Labute approximate surface area is 159 Å². The Morgan fingerprint density at radius 1 is 1.33 bits per heavy atom. The van der Waals surface area contributed by atoms with Crippen molar-refractivity contribution in [3.8, 4) is 5.75 Å². The number of rotatable bonds is 8. The van der Waals surface area contributed by atoms with Gasteiger partial charge in [0.2, 0.25) is 0 Å². The third kappa shape index (κ3) is 5.51. The van der Waals surface area contributed by atoms with E-state index in [0.29, 0.717) is 24.9 Å². The zero-order valence-corrected chi connectivity index (χ0v) is 16.0. The zero-order chi connectivity index (χ0) is 19.1. The molecule has 1 aliphatic heterocycles. The number of piperidine rings is 1. The van der Waals surface area contributed by atoms with Crippen LogP contribution in [0.15, 0.2) is 30.5 Å². The first-order valence-electron chi connectivity index (χ1n) is 9.39. The maximum absolute atomic E-state index is 12.4. The fraction of sp³-hybridized carbons (Fsp3) is 0.526. The molecule has 0 atom stereocenters. The van der Waals surface area contributed by atoms with Crippen LogP contribution in [-0.4, -0.2) is 66.1 Å². The van der Waals surface area contributed by atoms with E-state index in [1.54, 1.807) is 6.20 Å². The highest BCUT2D eigenvalue weighted by Gasteiger charge is 2.18. The van der Waals surface area contributed by atoms with E-state index in [1.165, 1.54) is 0 Å². The summed E-state index contributed by atoms with van der Waals surface area (Å²) in [5, 5.41) is 14.4. The van der Waals surface area contributed by atoms with Crippen LogP contribution in [0.1, 0.15) is 34.9 Å². The fourth-order valence-electron chi connectivity index (χ4n) is 3.03. The Kier molecular flexibility index (Phi) is 6.78. The summed E-state index contributed by atoms with van der Waals surface area (Å²) in [7, 11) is 4.01. The monoisotopic (exact) mass is 372 g/mol. The van der Waals surface area contributed by atoms with Crippen LogP contribution in [0, 0.1) is 0 Å². The molecule has 1 aliphatic rings. The van der Waals surface area contributed by atoms with Gasteiger partial charge < -0.3 is 20.3 Å². The Morgan fingerprint density at radius 3 is 2.89 bits per heavy atom. The van der Waals surface area contributed by atoms with Gasteiger partial charge >= 0.3 is 0 Å². The molecule has 2 N–H and O–H groups in total. The molecule has 2 aromatic rings. The van der Waals surface area contributed by atoms with E-state index in [2.05, 4.69) is 25.8 Å². The smallest absolute Gasteiger partial charge is 0.273 e. The second-order valence-corrected chi connectivity index (χ2v) is 7.01. The highest BCUT2D eigenvalue weighted by Crippen LogP contribution is 2.19. The number of carbonyl (C=O) groups excluding carboxylic acids is 1. The Morgan fingerprint density at radius 2 is 2.11 bits per heavy atom. The van der Waals surface area contributed by atoms with Crippen molar-refractivity contribution in [3.05, 3.63) is 41.7 Å². The van der Waals surface area contributed by atoms with Crippen LogP contribution in [0.2, 0.25) is 0 Å². The summed E-state index contributed by atoms with van der Waals surface area (Å²) in [6.07, 6.45) is 3.75. The first kappa shape index (κ1) is 19.3. The zero-order valence-electron chi connectivity index (χ0n) is 16.0. The molecule has 1 amide bonds. The van der Waals surface area contributed by atoms with Gasteiger partial charge in [0.15, 0.2) is 5.69 Å². The number of amides is 1. The van der Waals surface area contributed by atoms with Crippen LogP contribution in [0.25, 0.3) is 0 Å². The number of para-hydroxylation sites is 1. The van der Waals surface area contributed by atoms with Crippen molar-refractivity contribution in [3.63, 3.8) is 0 Å². The van der Waals surface area contributed by atoms with Gasteiger partial charge in [-0.2, -0.15) is 0 Å². The third-order valence-corrected chi connectivity index (χ3v) is 4.63. The van der Waals surface area contributed by atoms with Gasteiger partial charge in [-0.15, -0.1) is 5.10 Å². The average Bonchev–Trinajstić information content (AvgIpc) is 3.18. The maximum Gasteiger partial charge on any atom is 0.273 e. The van der Waals surface area contributed by atoms with Crippen LogP contribution in [0.3, 0.4) is 0 Å². The summed E-state index contributed by atoms with van der Waals surface area (Å²) in [6.45, 7) is 3.76. The van der Waals surface area contributed by atoms with Gasteiger partial charge in [0.25, 0.3) is 5.91 Å². The minimum Gasteiger partial charge on any atom is -0.492 e. The van der Waals surface area contributed by atoms with Crippen LogP contribution in [0.5, 0.6) is 5.75 Å². The van der Waals surface area contributed by atoms with Gasteiger partial charge in [-0.3, -0.25) is 4.79 Å². The molecule has 0 radical (unpaired) electrons. The van der Waals surface area contributed by atoms with Gasteiger partial charge in [0, 0.05) is 18.7 Å². The van der Waals surface area contributed by atoms with Gasteiger partial charge in [-0.25, -0.2) is 4.68 Å². The van der Waals surface area contributed by atoms with Gasteiger partial charge in [0.05, 0.1) is 12.2 Å². The molecule has 0 saturated carbocycles. The van der Waals surface area contributed by atoms with Crippen molar-refractivity contribution >= 4 is 5.91 Å². The van der Waals surface area contributed by atoms with E-state index < -0.39 is 0 Å². The average molecular weight is 372 g/mol. The van der Waals surface area contributed by atoms with Crippen molar-refractivity contribution in [1.82, 2.24) is 30.5 Å². The van der Waals surface area contributed by atoms with Crippen LogP contribution >= 0.6 is 0 Å². The predicted molar refractivity (Wildman–Crippen MR) is 103 cm³/mol. The van der Waals surface area contributed by atoms with Crippen molar-refractivity contribution in [2.45, 2.75) is 25.4 Å². The lowest BCUT2D eigenvalue weighted by atomic mass is 10.1. The highest BCUT2D eigenvalue weighted by molar-refractivity contribution is 5.91. The molecule has 2 heterocycles. The Bertz CT molecular complexity index is 739. The molecule has 8 heteroatoms. The second-order valence-electron chi connectivity index (χ2n) is 7.01. The number of nitrogens with one attached hydrogen (secondary N) is 2. The normalized spacial score (nSPS) is 15.1. The summed E-state index contributed by atoms with van der Waals surface area (Å²) >= 11 is 0. The lowest BCUT2D eigenvalue weighted by Crippen LogP contribution is -2.29. The van der Waals surface area contributed by atoms with Crippen molar-refractivity contribution in [1.29, 1.82) is 0 Å². The number of nitrogens with zero attached hydrogens (tertiary/aromatic N) is 4. The Hall–Kier alpha value is -2.45. The standard InChI is InChI=1S/C19H28N6O2/c1-24(2)11-12-27-18-6-4-3-5-15(18)13-21-19(26)17-14-25(23-22-17)16-7-9-20-10-8-16/h3-6,14,16,20H,7-13H2,1-2H3,(H,21,26). The maximum atomic E-state index is 12.4. The molecule has 1 aromatic carbocycles. The molecule has 1 saturated heterocycles.